The van der Waals surface area contributed by atoms with Crippen molar-refractivity contribution in [2.45, 2.75) is 124 Å². The molecular formula is C23H41N3O2. The van der Waals surface area contributed by atoms with Crippen LogP contribution in [0.2, 0.25) is 0 Å². The summed E-state index contributed by atoms with van der Waals surface area (Å²) in [6.45, 7) is 7.15. The fourth-order valence-corrected chi connectivity index (χ4v) is 3.63. The lowest BCUT2D eigenvalue weighted by atomic mass is 10.0. The van der Waals surface area contributed by atoms with Gasteiger partial charge in [0.1, 0.15) is 5.56 Å². The van der Waals surface area contributed by atoms with Gasteiger partial charge in [0, 0.05) is 13.0 Å². The molecule has 0 fully saturated rings. The van der Waals surface area contributed by atoms with Gasteiger partial charge in [0.25, 0.3) is 0 Å². The zero-order valence-electron chi connectivity index (χ0n) is 18.5. The van der Waals surface area contributed by atoms with Crippen LogP contribution in [0.25, 0.3) is 0 Å². The molecule has 0 saturated heterocycles. The van der Waals surface area contributed by atoms with Crippen LogP contribution in [0.4, 0.5) is 0 Å². The first kappa shape index (κ1) is 24.5. The molecule has 5 nitrogen and oxygen atoms in total. The number of hydrogen-bond acceptors (Lipinski definition) is 4. The molecule has 0 aliphatic rings. The second-order valence-electron chi connectivity index (χ2n) is 7.90. The van der Waals surface area contributed by atoms with Gasteiger partial charge in [-0.1, -0.05) is 95.3 Å². The summed E-state index contributed by atoms with van der Waals surface area (Å²) >= 11 is 0. The minimum Gasteiger partial charge on any atom is -0.294 e. The second-order valence-corrected chi connectivity index (χ2v) is 7.90. The number of aromatic nitrogens is 3. The topological polar surface area (TPSA) is 64.8 Å². The lowest BCUT2D eigenvalue weighted by molar-refractivity contribution is 0.0977. The first-order valence-electron chi connectivity index (χ1n) is 11.7. The van der Waals surface area contributed by atoms with Gasteiger partial charge in [-0.15, -0.1) is 0 Å². The summed E-state index contributed by atoms with van der Waals surface area (Å²) in [5.41, 5.74) is 0.678. The average molecular weight is 392 g/mol. The summed E-state index contributed by atoms with van der Waals surface area (Å²) in [5, 5.41) is 7.92. The van der Waals surface area contributed by atoms with Gasteiger partial charge in [0.15, 0.2) is 5.78 Å². The molecule has 0 aromatic carbocycles. The van der Waals surface area contributed by atoms with Crippen molar-refractivity contribution in [1.82, 2.24) is 15.0 Å². The van der Waals surface area contributed by atoms with Gasteiger partial charge in [-0.2, -0.15) is 0 Å². The van der Waals surface area contributed by atoms with E-state index in [4.69, 9.17) is 0 Å². The highest BCUT2D eigenvalue weighted by Crippen LogP contribution is 2.15. The molecule has 0 aliphatic heterocycles. The van der Waals surface area contributed by atoms with Crippen LogP contribution in [-0.4, -0.2) is 20.8 Å². The summed E-state index contributed by atoms with van der Waals surface area (Å²) < 4.78 is 1.84. The highest BCUT2D eigenvalue weighted by molar-refractivity contribution is 5.96. The predicted octanol–water partition coefficient (Wildman–Crippen LogP) is 5.88. The Kier molecular flexibility index (Phi) is 13.5. The van der Waals surface area contributed by atoms with Gasteiger partial charge in [0.2, 0.25) is 0 Å². The Morgan fingerprint density at radius 3 is 1.96 bits per heavy atom. The molecule has 0 unspecified atom stereocenters. The smallest absolute Gasteiger partial charge is 0.294 e. The summed E-state index contributed by atoms with van der Waals surface area (Å²) in [6.07, 6.45) is 16.2. The molecule has 1 aromatic rings. The summed E-state index contributed by atoms with van der Waals surface area (Å²) in [4.78, 5) is 24.9. The van der Waals surface area contributed by atoms with Gasteiger partial charge in [-0.05, 0) is 25.7 Å². The van der Waals surface area contributed by atoms with E-state index in [1.54, 1.807) is 0 Å². The van der Waals surface area contributed by atoms with Crippen molar-refractivity contribution in [3.05, 3.63) is 21.6 Å². The van der Waals surface area contributed by atoms with E-state index in [1.807, 2.05) is 11.6 Å². The van der Waals surface area contributed by atoms with Crippen LogP contribution in [0.1, 0.15) is 127 Å². The number of hydrogen-bond donors (Lipinski definition) is 0. The van der Waals surface area contributed by atoms with Crippen molar-refractivity contribution >= 4 is 5.78 Å². The Hall–Kier alpha value is -1.52. The molecule has 5 heteroatoms. The van der Waals surface area contributed by atoms with Crippen molar-refractivity contribution < 1.29 is 4.79 Å². The standard InChI is InChI=1S/C23H41N3O2/c1-4-7-9-11-13-15-18-20-22(21(27)17-6-3)23(28)24-25-26(20)19-16-14-12-10-8-5-2/h4-19H2,1-3H3. The van der Waals surface area contributed by atoms with Crippen LogP contribution < -0.4 is 5.56 Å². The molecular weight excluding hydrogens is 350 g/mol. The molecule has 1 rings (SSSR count). The maximum atomic E-state index is 12.6. The number of Topliss-reactive ketones (excluding diaryl/α,β-unsaturated/α-hetero) is 1. The maximum absolute atomic E-state index is 12.6. The number of carbonyl (C=O) groups excluding carboxylic acids is 1. The largest absolute Gasteiger partial charge is 0.302 e. The Balaban J connectivity index is 2.80. The first-order chi connectivity index (χ1) is 13.7. The molecule has 0 aliphatic carbocycles. The van der Waals surface area contributed by atoms with Crippen LogP contribution in [0.3, 0.4) is 0 Å². The molecule has 0 atom stereocenters. The van der Waals surface area contributed by atoms with Crippen LogP contribution in [0, 0.1) is 0 Å². The third-order valence-corrected chi connectivity index (χ3v) is 5.30. The molecule has 160 valence electrons. The highest BCUT2D eigenvalue weighted by atomic mass is 16.1. The van der Waals surface area contributed by atoms with E-state index in [0.717, 1.165) is 50.8 Å². The first-order valence-corrected chi connectivity index (χ1v) is 11.7. The molecule has 1 aromatic heterocycles. The van der Waals surface area contributed by atoms with Gasteiger partial charge < -0.3 is 0 Å². The highest BCUT2D eigenvalue weighted by Gasteiger charge is 2.19. The van der Waals surface area contributed by atoms with E-state index in [1.165, 1.54) is 51.4 Å². The molecule has 28 heavy (non-hydrogen) atoms. The number of carbonyl (C=O) groups is 1. The van der Waals surface area contributed by atoms with Gasteiger partial charge >= 0.3 is 5.56 Å². The fourth-order valence-electron chi connectivity index (χ4n) is 3.63. The van der Waals surface area contributed by atoms with Crippen molar-refractivity contribution in [1.29, 1.82) is 0 Å². The molecule has 1 heterocycles. The molecule has 0 bridgehead atoms. The monoisotopic (exact) mass is 391 g/mol. The molecule has 0 saturated carbocycles. The molecule has 0 N–H and O–H groups in total. The zero-order chi connectivity index (χ0) is 20.6. The average Bonchev–Trinajstić information content (AvgIpc) is 2.68. The van der Waals surface area contributed by atoms with Crippen LogP contribution >= 0.6 is 0 Å². The van der Waals surface area contributed by atoms with E-state index in [2.05, 4.69) is 24.2 Å². The minimum atomic E-state index is -0.446. The Labute approximate surface area is 171 Å². The van der Waals surface area contributed by atoms with E-state index >= 15 is 0 Å². The Morgan fingerprint density at radius 2 is 1.36 bits per heavy atom. The maximum Gasteiger partial charge on any atom is 0.302 e. The van der Waals surface area contributed by atoms with Crippen molar-refractivity contribution in [2.75, 3.05) is 0 Å². The molecule has 0 amide bonds. The number of rotatable bonds is 17. The molecule has 0 radical (unpaired) electrons. The van der Waals surface area contributed by atoms with Crippen molar-refractivity contribution in [3.8, 4) is 0 Å². The summed E-state index contributed by atoms with van der Waals surface area (Å²) in [6, 6.07) is 0. The van der Waals surface area contributed by atoms with E-state index in [0.29, 0.717) is 12.0 Å². The third-order valence-electron chi connectivity index (χ3n) is 5.30. The zero-order valence-corrected chi connectivity index (χ0v) is 18.5. The predicted molar refractivity (Wildman–Crippen MR) is 116 cm³/mol. The fraction of sp³-hybridized carbons (Fsp3) is 0.826. The normalized spacial score (nSPS) is 11.1. The number of ketones is 1. The van der Waals surface area contributed by atoms with E-state index in [-0.39, 0.29) is 5.78 Å². The Bertz CT molecular complexity index is 610. The van der Waals surface area contributed by atoms with Gasteiger partial charge in [-0.3, -0.25) is 9.59 Å². The number of unbranched alkanes of at least 4 members (excludes halogenated alkanes) is 10. The van der Waals surface area contributed by atoms with Crippen molar-refractivity contribution in [3.63, 3.8) is 0 Å². The number of aryl methyl sites for hydroxylation is 1. The lowest BCUT2D eigenvalue weighted by Gasteiger charge is -2.14. The van der Waals surface area contributed by atoms with Crippen LogP contribution in [-0.2, 0) is 13.0 Å². The number of nitrogens with zero attached hydrogens (tertiary/aromatic N) is 3. The SMILES string of the molecule is CCCCCCCCc1c(C(=O)CCC)c(=O)nnn1CCCCCCCC. The second kappa shape index (κ2) is 15.4. The van der Waals surface area contributed by atoms with Crippen molar-refractivity contribution in [2.24, 2.45) is 0 Å². The lowest BCUT2D eigenvalue weighted by Crippen LogP contribution is -2.28. The van der Waals surface area contributed by atoms with E-state index < -0.39 is 5.56 Å². The summed E-state index contributed by atoms with van der Waals surface area (Å²) in [5.74, 6) is -0.0694. The quantitative estimate of drug-likeness (QED) is 0.245. The van der Waals surface area contributed by atoms with Gasteiger partial charge in [0.05, 0.1) is 5.69 Å². The van der Waals surface area contributed by atoms with Gasteiger partial charge in [-0.25, -0.2) is 4.68 Å². The molecule has 0 spiro atoms. The van der Waals surface area contributed by atoms with E-state index in [9.17, 15) is 9.59 Å². The van der Waals surface area contributed by atoms with Crippen LogP contribution in [0.15, 0.2) is 4.79 Å². The Morgan fingerprint density at radius 1 is 0.786 bits per heavy atom. The third kappa shape index (κ3) is 9.11. The minimum absolute atomic E-state index is 0.0694. The van der Waals surface area contributed by atoms with Crippen LogP contribution in [0.5, 0.6) is 0 Å². The summed E-state index contributed by atoms with van der Waals surface area (Å²) in [7, 11) is 0.